The van der Waals surface area contributed by atoms with Gasteiger partial charge in [0.05, 0.1) is 12.1 Å². The van der Waals surface area contributed by atoms with Crippen molar-refractivity contribution >= 4 is 11.6 Å². The van der Waals surface area contributed by atoms with E-state index in [0.29, 0.717) is 11.4 Å². The summed E-state index contributed by atoms with van der Waals surface area (Å²) < 4.78 is 0. The summed E-state index contributed by atoms with van der Waals surface area (Å²) in [5.41, 5.74) is 11.7. The Bertz CT molecular complexity index is 241. The molecule has 0 bridgehead atoms. The van der Waals surface area contributed by atoms with Crippen LogP contribution in [0.4, 0.5) is 5.69 Å². The van der Waals surface area contributed by atoms with Crippen LogP contribution in [0.25, 0.3) is 0 Å². The molecule has 1 aromatic rings. The van der Waals surface area contributed by atoms with Gasteiger partial charge in [-0.1, -0.05) is 0 Å². The van der Waals surface area contributed by atoms with Crippen LogP contribution < -0.4 is 11.5 Å². The third-order valence-corrected chi connectivity index (χ3v) is 1.22. The molecule has 0 fully saturated rings. The molecular weight excluding hydrogens is 130 g/mol. The second-order valence-electron chi connectivity index (χ2n) is 2.05. The summed E-state index contributed by atoms with van der Waals surface area (Å²) in [6.45, 7) is 0. The molecule has 0 aromatic carbocycles. The standard InChI is InChI=1S/C6H9N3O/c7-4-1-2-9-5(4)3-6(8)10/h1-2,9H,3,7H2,(H2,8,10). The van der Waals surface area contributed by atoms with Crippen molar-refractivity contribution in [1.82, 2.24) is 4.98 Å². The lowest BCUT2D eigenvalue weighted by Crippen LogP contribution is -2.14. The van der Waals surface area contributed by atoms with Crippen LogP contribution >= 0.6 is 0 Å². The fraction of sp³-hybridized carbons (Fsp3) is 0.167. The van der Waals surface area contributed by atoms with E-state index < -0.39 is 0 Å². The molecule has 0 atom stereocenters. The van der Waals surface area contributed by atoms with Crippen molar-refractivity contribution in [1.29, 1.82) is 0 Å². The minimum Gasteiger partial charge on any atom is -0.397 e. The Balaban J connectivity index is 2.74. The van der Waals surface area contributed by atoms with Crippen LogP contribution in [0, 0.1) is 0 Å². The normalized spacial score (nSPS) is 9.60. The smallest absolute Gasteiger partial charge is 0.223 e. The first-order valence-corrected chi connectivity index (χ1v) is 2.90. The summed E-state index contributed by atoms with van der Waals surface area (Å²) >= 11 is 0. The van der Waals surface area contributed by atoms with Crippen LogP contribution in [0.15, 0.2) is 12.3 Å². The maximum Gasteiger partial charge on any atom is 0.223 e. The van der Waals surface area contributed by atoms with Crippen LogP contribution in [0.5, 0.6) is 0 Å². The molecule has 1 rings (SSSR count). The maximum absolute atomic E-state index is 10.4. The van der Waals surface area contributed by atoms with Gasteiger partial charge in [-0.2, -0.15) is 0 Å². The Hall–Kier alpha value is -1.45. The SMILES string of the molecule is NC(=O)Cc1[nH]ccc1N. The van der Waals surface area contributed by atoms with E-state index >= 15 is 0 Å². The predicted octanol–water partition coefficient (Wildman–Crippen LogP) is -0.375. The molecule has 0 aliphatic carbocycles. The highest BCUT2D eigenvalue weighted by Crippen LogP contribution is 2.07. The molecule has 0 spiro atoms. The van der Waals surface area contributed by atoms with Gasteiger partial charge in [0.1, 0.15) is 0 Å². The number of aromatic nitrogens is 1. The molecule has 0 saturated carbocycles. The molecule has 5 N–H and O–H groups in total. The number of primary amides is 1. The highest BCUT2D eigenvalue weighted by molar-refractivity contribution is 5.77. The number of hydrogen-bond acceptors (Lipinski definition) is 2. The lowest BCUT2D eigenvalue weighted by atomic mass is 10.3. The van der Waals surface area contributed by atoms with Crippen molar-refractivity contribution < 1.29 is 4.79 Å². The van der Waals surface area contributed by atoms with Crippen LogP contribution in [0.2, 0.25) is 0 Å². The van der Waals surface area contributed by atoms with Crippen molar-refractivity contribution in [2.24, 2.45) is 5.73 Å². The molecule has 4 heteroatoms. The average Bonchev–Trinajstić information content (AvgIpc) is 2.15. The minimum atomic E-state index is -0.380. The molecule has 4 nitrogen and oxygen atoms in total. The van der Waals surface area contributed by atoms with Gasteiger partial charge in [0.2, 0.25) is 5.91 Å². The summed E-state index contributed by atoms with van der Waals surface area (Å²) in [5, 5.41) is 0. The van der Waals surface area contributed by atoms with Crippen LogP contribution in [0.3, 0.4) is 0 Å². The number of nitrogens with one attached hydrogen (secondary N) is 1. The molecule has 0 aliphatic heterocycles. The van der Waals surface area contributed by atoms with E-state index in [4.69, 9.17) is 11.5 Å². The van der Waals surface area contributed by atoms with Gasteiger partial charge in [-0.3, -0.25) is 4.79 Å². The Kier molecular flexibility index (Phi) is 1.62. The molecule has 1 aromatic heterocycles. The van der Waals surface area contributed by atoms with Gasteiger partial charge in [0, 0.05) is 11.9 Å². The third kappa shape index (κ3) is 1.28. The van der Waals surface area contributed by atoms with Gasteiger partial charge in [0.15, 0.2) is 0 Å². The lowest BCUT2D eigenvalue weighted by molar-refractivity contribution is -0.117. The second kappa shape index (κ2) is 2.43. The van der Waals surface area contributed by atoms with Gasteiger partial charge in [-0.25, -0.2) is 0 Å². The largest absolute Gasteiger partial charge is 0.397 e. The monoisotopic (exact) mass is 139 g/mol. The van der Waals surface area contributed by atoms with Gasteiger partial charge >= 0.3 is 0 Å². The number of nitrogen functional groups attached to an aromatic ring is 1. The zero-order chi connectivity index (χ0) is 7.56. The lowest BCUT2D eigenvalue weighted by Gasteiger charge is -1.93. The highest BCUT2D eigenvalue weighted by Gasteiger charge is 2.01. The summed E-state index contributed by atoms with van der Waals surface area (Å²) in [6, 6.07) is 1.69. The van der Waals surface area contributed by atoms with Gasteiger partial charge in [0.25, 0.3) is 0 Å². The Morgan fingerprint density at radius 1 is 1.70 bits per heavy atom. The quantitative estimate of drug-likeness (QED) is 0.522. The average molecular weight is 139 g/mol. The molecule has 0 unspecified atom stereocenters. The molecule has 0 radical (unpaired) electrons. The first-order valence-electron chi connectivity index (χ1n) is 2.90. The summed E-state index contributed by atoms with van der Waals surface area (Å²) in [5.74, 6) is -0.380. The van der Waals surface area contributed by atoms with Gasteiger partial charge in [-0.05, 0) is 6.07 Å². The van der Waals surface area contributed by atoms with Crippen LogP contribution in [-0.4, -0.2) is 10.9 Å². The Labute approximate surface area is 58.2 Å². The number of aromatic amines is 1. The van der Waals surface area contributed by atoms with E-state index in [-0.39, 0.29) is 12.3 Å². The number of hydrogen-bond donors (Lipinski definition) is 3. The van der Waals surface area contributed by atoms with E-state index in [2.05, 4.69) is 4.98 Å². The Morgan fingerprint density at radius 2 is 2.40 bits per heavy atom. The first kappa shape index (κ1) is 6.67. The molecule has 0 aliphatic rings. The fourth-order valence-corrected chi connectivity index (χ4v) is 0.743. The number of anilines is 1. The number of amides is 1. The van der Waals surface area contributed by atoms with Crippen molar-refractivity contribution in [2.75, 3.05) is 5.73 Å². The van der Waals surface area contributed by atoms with Gasteiger partial charge in [-0.15, -0.1) is 0 Å². The zero-order valence-corrected chi connectivity index (χ0v) is 5.42. The molecular formula is C6H9N3O. The number of H-pyrrole nitrogens is 1. The molecule has 54 valence electrons. The minimum absolute atomic E-state index is 0.179. The van der Waals surface area contributed by atoms with Gasteiger partial charge < -0.3 is 16.5 Å². The maximum atomic E-state index is 10.4. The number of rotatable bonds is 2. The van der Waals surface area contributed by atoms with Crippen LogP contribution in [0.1, 0.15) is 5.69 Å². The van der Waals surface area contributed by atoms with E-state index in [1.807, 2.05) is 0 Å². The molecule has 10 heavy (non-hydrogen) atoms. The summed E-state index contributed by atoms with van der Waals surface area (Å²) in [4.78, 5) is 13.2. The zero-order valence-electron chi connectivity index (χ0n) is 5.42. The Morgan fingerprint density at radius 3 is 2.80 bits per heavy atom. The topological polar surface area (TPSA) is 84.9 Å². The number of nitrogens with two attached hydrogens (primary N) is 2. The number of carbonyl (C=O) groups excluding carboxylic acids is 1. The van der Waals surface area contributed by atoms with Crippen molar-refractivity contribution in [3.63, 3.8) is 0 Å². The summed E-state index contributed by atoms with van der Waals surface area (Å²) in [6.07, 6.45) is 1.85. The summed E-state index contributed by atoms with van der Waals surface area (Å²) in [7, 11) is 0. The molecule has 1 amide bonds. The number of carbonyl (C=O) groups is 1. The molecule has 0 saturated heterocycles. The van der Waals surface area contributed by atoms with Crippen molar-refractivity contribution in [2.45, 2.75) is 6.42 Å². The third-order valence-electron chi connectivity index (χ3n) is 1.22. The predicted molar refractivity (Wildman–Crippen MR) is 38.1 cm³/mol. The fourth-order valence-electron chi connectivity index (χ4n) is 0.743. The first-order chi connectivity index (χ1) is 4.70. The van der Waals surface area contributed by atoms with Crippen molar-refractivity contribution in [3.05, 3.63) is 18.0 Å². The van der Waals surface area contributed by atoms with E-state index in [1.54, 1.807) is 12.3 Å². The van der Waals surface area contributed by atoms with Crippen molar-refractivity contribution in [3.8, 4) is 0 Å². The van der Waals surface area contributed by atoms with Crippen LogP contribution in [-0.2, 0) is 11.2 Å². The molecule has 1 heterocycles. The second-order valence-corrected chi connectivity index (χ2v) is 2.05. The van der Waals surface area contributed by atoms with E-state index in [1.165, 1.54) is 0 Å². The highest BCUT2D eigenvalue weighted by atomic mass is 16.1. The van der Waals surface area contributed by atoms with E-state index in [9.17, 15) is 4.79 Å². The van der Waals surface area contributed by atoms with E-state index in [0.717, 1.165) is 0 Å².